The molecule has 0 fully saturated rings. The lowest BCUT2D eigenvalue weighted by molar-refractivity contribution is -0.124. The number of amides is 1. The number of nitrogens with one attached hydrogen (secondary N) is 1. The lowest BCUT2D eigenvalue weighted by atomic mass is 10.2. The summed E-state index contributed by atoms with van der Waals surface area (Å²) in [6.07, 6.45) is 1.50. The summed E-state index contributed by atoms with van der Waals surface area (Å²) < 4.78 is 7.43. The Morgan fingerprint density at radius 1 is 1.10 bits per heavy atom. The van der Waals surface area contributed by atoms with Crippen LogP contribution >= 0.6 is 23.2 Å². The van der Waals surface area contributed by atoms with Crippen molar-refractivity contribution >= 4 is 40.0 Å². The van der Waals surface area contributed by atoms with E-state index in [2.05, 4.69) is 5.32 Å². The Labute approximate surface area is 186 Å². The SMILES string of the molecule is CC(C(=O)NCc1ccco1)n1c(=O)n(-c2ccccc2Cl)c(=O)c2ccc(Cl)cc21. The summed E-state index contributed by atoms with van der Waals surface area (Å²) in [4.78, 5) is 39.5. The highest BCUT2D eigenvalue weighted by atomic mass is 35.5. The van der Waals surface area contributed by atoms with Crippen LogP contribution in [-0.2, 0) is 11.3 Å². The molecule has 1 amide bonds. The van der Waals surface area contributed by atoms with Gasteiger partial charge >= 0.3 is 5.69 Å². The number of aromatic nitrogens is 2. The zero-order valence-corrected chi connectivity index (χ0v) is 17.9. The van der Waals surface area contributed by atoms with E-state index in [1.807, 2.05) is 0 Å². The quantitative estimate of drug-likeness (QED) is 0.491. The van der Waals surface area contributed by atoms with Gasteiger partial charge in [0, 0.05) is 5.02 Å². The molecule has 158 valence electrons. The first-order valence-electron chi connectivity index (χ1n) is 9.40. The van der Waals surface area contributed by atoms with E-state index in [1.54, 1.807) is 49.4 Å². The second-order valence-corrected chi connectivity index (χ2v) is 7.72. The third kappa shape index (κ3) is 3.89. The van der Waals surface area contributed by atoms with Crippen LogP contribution in [0.25, 0.3) is 16.6 Å². The fourth-order valence-corrected chi connectivity index (χ4v) is 3.76. The van der Waals surface area contributed by atoms with Crippen LogP contribution in [0, 0.1) is 0 Å². The van der Waals surface area contributed by atoms with Gasteiger partial charge in [-0.05, 0) is 49.4 Å². The predicted molar refractivity (Wildman–Crippen MR) is 119 cm³/mol. The van der Waals surface area contributed by atoms with Crippen molar-refractivity contribution in [1.82, 2.24) is 14.5 Å². The number of carbonyl (C=O) groups is 1. The molecule has 2 aromatic carbocycles. The van der Waals surface area contributed by atoms with Gasteiger partial charge < -0.3 is 9.73 Å². The second kappa shape index (κ2) is 8.45. The first-order chi connectivity index (χ1) is 14.9. The van der Waals surface area contributed by atoms with Crippen LogP contribution in [0.4, 0.5) is 0 Å². The maximum Gasteiger partial charge on any atom is 0.336 e. The Hall–Kier alpha value is -3.29. The van der Waals surface area contributed by atoms with Crippen molar-refractivity contribution in [3.8, 4) is 5.69 Å². The third-order valence-electron chi connectivity index (χ3n) is 4.93. The minimum absolute atomic E-state index is 0.160. The Morgan fingerprint density at radius 2 is 1.87 bits per heavy atom. The summed E-state index contributed by atoms with van der Waals surface area (Å²) in [7, 11) is 0. The smallest absolute Gasteiger partial charge is 0.336 e. The molecule has 0 radical (unpaired) electrons. The van der Waals surface area contributed by atoms with Crippen LogP contribution in [-0.4, -0.2) is 15.0 Å². The van der Waals surface area contributed by atoms with Gasteiger partial charge in [-0.15, -0.1) is 0 Å². The summed E-state index contributed by atoms with van der Waals surface area (Å²) in [5, 5.41) is 3.53. The summed E-state index contributed by atoms with van der Waals surface area (Å²) in [6.45, 7) is 1.73. The van der Waals surface area contributed by atoms with Crippen LogP contribution in [0.15, 0.2) is 74.9 Å². The van der Waals surface area contributed by atoms with Crippen LogP contribution < -0.4 is 16.6 Å². The summed E-state index contributed by atoms with van der Waals surface area (Å²) in [6, 6.07) is 13.6. The summed E-state index contributed by atoms with van der Waals surface area (Å²) >= 11 is 12.4. The maximum absolute atomic E-state index is 13.5. The zero-order valence-electron chi connectivity index (χ0n) is 16.3. The van der Waals surface area contributed by atoms with Crippen LogP contribution in [0.2, 0.25) is 10.0 Å². The van der Waals surface area contributed by atoms with Crippen molar-refractivity contribution < 1.29 is 9.21 Å². The molecule has 0 aliphatic carbocycles. The molecule has 4 rings (SSSR count). The first-order valence-corrected chi connectivity index (χ1v) is 10.2. The molecule has 0 aliphatic rings. The Morgan fingerprint density at radius 3 is 2.58 bits per heavy atom. The number of benzene rings is 2. The average Bonchev–Trinajstić information content (AvgIpc) is 3.27. The number of hydrogen-bond acceptors (Lipinski definition) is 4. The zero-order chi connectivity index (χ0) is 22.1. The molecule has 2 aromatic heterocycles. The number of para-hydroxylation sites is 1. The minimum atomic E-state index is -0.947. The highest BCUT2D eigenvalue weighted by Gasteiger charge is 2.23. The van der Waals surface area contributed by atoms with Crippen molar-refractivity contribution in [2.24, 2.45) is 0 Å². The fraction of sp³-hybridized carbons (Fsp3) is 0.136. The van der Waals surface area contributed by atoms with Gasteiger partial charge in [0.15, 0.2) is 0 Å². The Balaban J connectivity index is 1.90. The van der Waals surface area contributed by atoms with Gasteiger partial charge in [0.1, 0.15) is 11.8 Å². The number of nitrogens with zero attached hydrogens (tertiary/aromatic N) is 2. The predicted octanol–water partition coefficient (Wildman–Crippen LogP) is 3.93. The standard InChI is InChI=1S/C22H17Cl2N3O4/c1-13(20(28)25-12-15-5-4-10-31-15)26-19-11-14(23)8-9-16(19)21(29)27(22(26)30)18-7-3-2-6-17(18)24/h2-11,13H,12H2,1H3,(H,25,28). The maximum atomic E-state index is 13.5. The molecule has 7 nitrogen and oxygen atoms in total. The number of furan rings is 1. The minimum Gasteiger partial charge on any atom is -0.467 e. The van der Waals surface area contributed by atoms with Gasteiger partial charge in [-0.1, -0.05) is 35.3 Å². The van der Waals surface area contributed by atoms with E-state index in [-0.39, 0.29) is 28.2 Å². The van der Waals surface area contributed by atoms with Crippen LogP contribution in [0.5, 0.6) is 0 Å². The van der Waals surface area contributed by atoms with Gasteiger partial charge in [0.05, 0.1) is 34.4 Å². The topological polar surface area (TPSA) is 86.2 Å². The van der Waals surface area contributed by atoms with Crippen molar-refractivity contribution in [2.45, 2.75) is 19.5 Å². The van der Waals surface area contributed by atoms with E-state index in [9.17, 15) is 14.4 Å². The highest BCUT2D eigenvalue weighted by molar-refractivity contribution is 6.32. The molecule has 1 unspecified atom stereocenters. The van der Waals surface area contributed by atoms with E-state index in [4.69, 9.17) is 27.6 Å². The van der Waals surface area contributed by atoms with E-state index < -0.39 is 23.2 Å². The Kier molecular flexibility index (Phi) is 5.71. The molecular formula is C22H17Cl2N3O4. The molecule has 4 aromatic rings. The normalized spacial score (nSPS) is 12.1. The van der Waals surface area contributed by atoms with E-state index in [1.165, 1.54) is 23.0 Å². The molecule has 0 saturated heterocycles. The van der Waals surface area contributed by atoms with Gasteiger partial charge in [0.2, 0.25) is 5.91 Å². The summed E-state index contributed by atoms with van der Waals surface area (Å²) in [5.41, 5.74) is -0.767. The number of halogens is 2. The van der Waals surface area contributed by atoms with Gasteiger partial charge in [-0.2, -0.15) is 0 Å². The third-order valence-corrected chi connectivity index (χ3v) is 5.48. The lowest BCUT2D eigenvalue weighted by Crippen LogP contribution is -2.43. The lowest BCUT2D eigenvalue weighted by Gasteiger charge is -2.20. The molecule has 31 heavy (non-hydrogen) atoms. The van der Waals surface area contributed by atoms with Crippen molar-refractivity contribution in [1.29, 1.82) is 0 Å². The largest absolute Gasteiger partial charge is 0.467 e. The molecule has 1 N–H and O–H groups in total. The number of rotatable bonds is 5. The average molecular weight is 458 g/mol. The van der Waals surface area contributed by atoms with Crippen molar-refractivity contribution in [3.05, 3.63) is 97.5 Å². The molecular weight excluding hydrogens is 441 g/mol. The first kappa shape index (κ1) is 21.0. The van der Waals surface area contributed by atoms with Crippen molar-refractivity contribution in [3.63, 3.8) is 0 Å². The summed E-state index contributed by atoms with van der Waals surface area (Å²) in [5.74, 6) is 0.144. The second-order valence-electron chi connectivity index (χ2n) is 6.88. The molecule has 2 heterocycles. The molecule has 0 saturated carbocycles. The van der Waals surface area contributed by atoms with Gasteiger partial charge in [0.25, 0.3) is 5.56 Å². The number of carbonyl (C=O) groups excluding carboxylic acids is 1. The number of fused-ring (bicyclic) bond motifs is 1. The van der Waals surface area contributed by atoms with E-state index >= 15 is 0 Å². The molecule has 0 aliphatic heterocycles. The Bertz CT molecular complexity index is 1390. The van der Waals surface area contributed by atoms with Gasteiger partial charge in [-0.3, -0.25) is 14.2 Å². The molecule has 9 heteroatoms. The van der Waals surface area contributed by atoms with Crippen molar-refractivity contribution in [2.75, 3.05) is 0 Å². The molecule has 0 spiro atoms. The van der Waals surface area contributed by atoms with Crippen LogP contribution in [0.3, 0.4) is 0 Å². The molecule has 0 bridgehead atoms. The fourth-order valence-electron chi connectivity index (χ4n) is 3.38. The number of hydrogen-bond donors (Lipinski definition) is 1. The monoisotopic (exact) mass is 457 g/mol. The van der Waals surface area contributed by atoms with E-state index in [0.29, 0.717) is 10.8 Å². The highest BCUT2D eigenvalue weighted by Crippen LogP contribution is 2.22. The van der Waals surface area contributed by atoms with E-state index in [0.717, 1.165) is 4.57 Å². The van der Waals surface area contributed by atoms with Gasteiger partial charge in [-0.25, -0.2) is 9.36 Å². The van der Waals surface area contributed by atoms with Crippen LogP contribution in [0.1, 0.15) is 18.7 Å². The molecule has 1 atom stereocenters.